The third-order valence-electron chi connectivity index (χ3n) is 2.79. The SMILES string of the molecule is CN(C)c1ccc(C(O)CNCCOCCO)cc1. The van der Waals surface area contributed by atoms with Gasteiger partial charge in [-0.2, -0.15) is 0 Å². The van der Waals surface area contributed by atoms with Crippen molar-refractivity contribution in [2.45, 2.75) is 6.10 Å². The maximum absolute atomic E-state index is 10.00. The fourth-order valence-corrected chi connectivity index (χ4v) is 1.66. The zero-order valence-electron chi connectivity index (χ0n) is 11.7. The van der Waals surface area contributed by atoms with Crippen molar-refractivity contribution in [1.82, 2.24) is 5.32 Å². The average Bonchev–Trinajstić information content (AvgIpc) is 2.42. The van der Waals surface area contributed by atoms with E-state index in [2.05, 4.69) is 5.32 Å². The van der Waals surface area contributed by atoms with Crippen LogP contribution in [0.5, 0.6) is 0 Å². The zero-order valence-corrected chi connectivity index (χ0v) is 11.7. The van der Waals surface area contributed by atoms with Crippen LogP contribution in [0.2, 0.25) is 0 Å². The second kappa shape index (κ2) is 8.87. The highest BCUT2D eigenvalue weighted by atomic mass is 16.5. The summed E-state index contributed by atoms with van der Waals surface area (Å²) in [5, 5.41) is 21.6. The van der Waals surface area contributed by atoms with Crippen LogP contribution in [0.25, 0.3) is 0 Å². The van der Waals surface area contributed by atoms with Crippen molar-refractivity contribution >= 4 is 5.69 Å². The number of benzene rings is 1. The largest absolute Gasteiger partial charge is 0.394 e. The van der Waals surface area contributed by atoms with Gasteiger partial charge in [-0.05, 0) is 17.7 Å². The molecule has 1 aromatic carbocycles. The minimum absolute atomic E-state index is 0.0425. The molecule has 3 N–H and O–H groups in total. The van der Waals surface area contributed by atoms with Gasteiger partial charge in [-0.3, -0.25) is 0 Å². The van der Waals surface area contributed by atoms with Crippen LogP contribution in [0.1, 0.15) is 11.7 Å². The van der Waals surface area contributed by atoms with Gasteiger partial charge in [-0.15, -0.1) is 0 Å². The molecule has 5 nitrogen and oxygen atoms in total. The lowest BCUT2D eigenvalue weighted by atomic mass is 10.1. The number of aliphatic hydroxyl groups is 2. The molecule has 0 bridgehead atoms. The van der Waals surface area contributed by atoms with E-state index in [1.807, 2.05) is 43.3 Å². The van der Waals surface area contributed by atoms with E-state index in [0.717, 1.165) is 11.3 Å². The highest BCUT2D eigenvalue weighted by molar-refractivity contribution is 5.46. The predicted octanol–water partition coefficient (Wildman–Crippen LogP) is 0.384. The molecule has 0 aliphatic carbocycles. The Balaban J connectivity index is 2.27. The first-order valence-electron chi connectivity index (χ1n) is 6.50. The van der Waals surface area contributed by atoms with Crippen LogP contribution >= 0.6 is 0 Å². The van der Waals surface area contributed by atoms with E-state index in [1.165, 1.54) is 0 Å². The highest BCUT2D eigenvalue weighted by Crippen LogP contribution is 2.17. The summed E-state index contributed by atoms with van der Waals surface area (Å²) >= 11 is 0. The van der Waals surface area contributed by atoms with Gasteiger partial charge in [-0.1, -0.05) is 12.1 Å². The molecule has 0 aliphatic heterocycles. The maximum atomic E-state index is 10.00. The van der Waals surface area contributed by atoms with Crippen LogP contribution in [0.4, 0.5) is 5.69 Å². The topological polar surface area (TPSA) is 65.0 Å². The van der Waals surface area contributed by atoms with E-state index in [9.17, 15) is 5.11 Å². The number of anilines is 1. The molecule has 1 unspecified atom stereocenters. The Kier molecular flexibility index (Phi) is 7.43. The molecule has 0 aliphatic rings. The highest BCUT2D eigenvalue weighted by Gasteiger charge is 2.06. The number of rotatable bonds is 9. The standard InChI is InChI=1S/C14H24N2O3/c1-16(2)13-5-3-12(4-6-13)14(18)11-15-7-9-19-10-8-17/h3-6,14-15,17-18H,7-11H2,1-2H3. The van der Waals surface area contributed by atoms with Gasteiger partial charge < -0.3 is 25.2 Å². The fraction of sp³-hybridized carbons (Fsp3) is 0.571. The molecule has 1 rings (SSSR count). The molecule has 19 heavy (non-hydrogen) atoms. The summed E-state index contributed by atoms with van der Waals surface area (Å²) in [5.74, 6) is 0. The van der Waals surface area contributed by atoms with Crippen molar-refractivity contribution < 1.29 is 14.9 Å². The Morgan fingerprint density at radius 3 is 2.47 bits per heavy atom. The van der Waals surface area contributed by atoms with Crippen molar-refractivity contribution in [2.75, 3.05) is 51.9 Å². The first-order chi connectivity index (χ1) is 9.15. The fourth-order valence-electron chi connectivity index (χ4n) is 1.66. The summed E-state index contributed by atoms with van der Waals surface area (Å²) in [6.45, 7) is 2.08. The zero-order chi connectivity index (χ0) is 14.1. The van der Waals surface area contributed by atoms with Crippen molar-refractivity contribution in [3.05, 3.63) is 29.8 Å². The molecule has 0 amide bonds. The number of aliphatic hydroxyl groups excluding tert-OH is 2. The molecule has 0 saturated carbocycles. The number of hydrogen-bond acceptors (Lipinski definition) is 5. The molecule has 0 spiro atoms. The van der Waals surface area contributed by atoms with Gasteiger partial charge >= 0.3 is 0 Å². The van der Waals surface area contributed by atoms with E-state index in [4.69, 9.17) is 9.84 Å². The van der Waals surface area contributed by atoms with Gasteiger partial charge in [0, 0.05) is 32.9 Å². The predicted molar refractivity (Wildman–Crippen MR) is 76.5 cm³/mol. The average molecular weight is 268 g/mol. The lowest BCUT2D eigenvalue weighted by Crippen LogP contribution is -2.25. The summed E-state index contributed by atoms with van der Waals surface area (Å²) in [4.78, 5) is 2.02. The van der Waals surface area contributed by atoms with E-state index in [0.29, 0.717) is 26.3 Å². The Morgan fingerprint density at radius 2 is 1.89 bits per heavy atom. The van der Waals surface area contributed by atoms with Gasteiger partial charge in [-0.25, -0.2) is 0 Å². The number of nitrogens with zero attached hydrogens (tertiary/aromatic N) is 1. The Hall–Kier alpha value is -1.14. The van der Waals surface area contributed by atoms with E-state index < -0.39 is 6.10 Å². The molecule has 5 heteroatoms. The lowest BCUT2D eigenvalue weighted by molar-refractivity contribution is 0.0910. The van der Waals surface area contributed by atoms with Crippen LogP contribution in [0.15, 0.2) is 24.3 Å². The summed E-state index contributed by atoms with van der Waals surface area (Å²) in [5.41, 5.74) is 2.01. The second-order valence-corrected chi connectivity index (χ2v) is 4.54. The molecule has 1 aromatic rings. The normalized spacial score (nSPS) is 12.4. The van der Waals surface area contributed by atoms with Crippen molar-refractivity contribution in [2.24, 2.45) is 0 Å². The van der Waals surface area contributed by atoms with Crippen LogP contribution in [0, 0.1) is 0 Å². The molecular weight excluding hydrogens is 244 g/mol. The second-order valence-electron chi connectivity index (χ2n) is 4.54. The summed E-state index contributed by atoms with van der Waals surface area (Å²) in [6.07, 6.45) is -0.519. The van der Waals surface area contributed by atoms with Crippen molar-refractivity contribution in [3.63, 3.8) is 0 Å². The minimum atomic E-state index is -0.519. The minimum Gasteiger partial charge on any atom is -0.394 e. The van der Waals surface area contributed by atoms with Gasteiger partial charge in [0.25, 0.3) is 0 Å². The van der Waals surface area contributed by atoms with Crippen molar-refractivity contribution in [3.8, 4) is 0 Å². The van der Waals surface area contributed by atoms with Crippen LogP contribution in [-0.2, 0) is 4.74 Å². The summed E-state index contributed by atoms with van der Waals surface area (Å²) in [7, 11) is 3.97. The van der Waals surface area contributed by atoms with E-state index in [-0.39, 0.29) is 6.61 Å². The van der Waals surface area contributed by atoms with Crippen molar-refractivity contribution in [1.29, 1.82) is 0 Å². The molecule has 108 valence electrons. The Labute approximate surface area is 114 Å². The molecule has 0 heterocycles. The van der Waals surface area contributed by atoms with Crippen LogP contribution < -0.4 is 10.2 Å². The number of hydrogen-bond donors (Lipinski definition) is 3. The lowest BCUT2D eigenvalue weighted by Gasteiger charge is -2.15. The molecule has 1 atom stereocenters. The number of nitrogens with one attached hydrogen (secondary N) is 1. The number of ether oxygens (including phenoxy) is 1. The summed E-state index contributed by atoms with van der Waals surface area (Å²) < 4.78 is 5.11. The third-order valence-corrected chi connectivity index (χ3v) is 2.79. The molecule has 0 fully saturated rings. The first-order valence-corrected chi connectivity index (χ1v) is 6.50. The van der Waals surface area contributed by atoms with Gasteiger partial charge in [0.2, 0.25) is 0 Å². The third kappa shape index (κ3) is 6.02. The van der Waals surface area contributed by atoms with E-state index in [1.54, 1.807) is 0 Å². The monoisotopic (exact) mass is 268 g/mol. The van der Waals surface area contributed by atoms with Crippen LogP contribution in [0.3, 0.4) is 0 Å². The first kappa shape index (κ1) is 15.9. The van der Waals surface area contributed by atoms with Crippen LogP contribution in [-0.4, -0.2) is 57.2 Å². The molecular formula is C14H24N2O3. The Bertz CT molecular complexity index is 341. The van der Waals surface area contributed by atoms with Gasteiger partial charge in [0.15, 0.2) is 0 Å². The van der Waals surface area contributed by atoms with E-state index >= 15 is 0 Å². The molecule has 0 saturated heterocycles. The molecule has 0 aromatic heterocycles. The molecule has 0 radical (unpaired) electrons. The smallest absolute Gasteiger partial charge is 0.0914 e. The maximum Gasteiger partial charge on any atom is 0.0914 e. The quantitative estimate of drug-likeness (QED) is 0.565. The Morgan fingerprint density at radius 1 is 1.21 bits per heavy atom. The van der Waals surface area contributed by atoms with Gasteiger partial charge in [0.1, 0.15) is 0 Å². The summed E-state index contributed by atoms with van der Waals surface area (Å²) in [6, 6.07) is 7.85. The van der Waals surface area contributed by atoms with Gasteiger partial charge in [0.05, 0.1) is 25.9 Å².